The minimum Gasteiger partial charge on any atom is -0.396 e. The molecule has 0 spiro atoms. The lowest BCUT2D eigenvalue weighted by Crippen LogP contribution is -2.23. The number of aliphatic hydroxyl groups is 2. The molecule has 0 aromatic rings. The fourth-order valence-corrected chi connectivity index (χ4v) is 1.92. The highest BCUT2D eigenvalue weighted by molar-refractivity contribution is 7.13. The minimum absolute atomic E-state index is 0.0918. The molecule has 1 aliphatic heterocycles. The molecule has 0 amide bonds. The van der Waals surface area contributed by atoms with E-state index in [1.807, 2.05) is 0 Å². The molecule has 0 aliphatic carbocycles. The van der Waals surface area contributed by atoms with Crippen LogP contribution in [0.25, 0.3) is 0 Å². The van der Waals surface area contributed by atoms with Gasteiger partial charge in [0.05, 0.1) is 6.10 Å². The molecule has 0 saturated carbocycles. The van der Waals surface area contributed by atoms with E-state index in [9.17, 15) is 5.11 Å². The average Bonchev–Trinajstić information content (AvgIpc) is 2.36. The molecule has 0 bridgehead atoms. The predicted molar refractivity (Wildman–Crippen MR) is 47.1 cm³/mol. The normalized spacial score (nSPS) is 29.2. The summed E-state index contributed by atoms with van der Waals surface area (Å²) in [6.45, 7) is 2.07. The van der Waals surface area contributed by atoms with Gasteiger partial charge in [0.15, 0.2) is 0 Å². The van der Waals surface area contributed by atoms with Crippen molar-refractivity contribution in [3.05, 3.63) is 0 Å². The fourth-order valence-electron chi connectivity index (χ4n) is 1.50. The molecule has 3 unspecified atom stereocenters. The highest BCUT2D eigenvalue weighted by Gasteiger charge is 2.25. The lowest BCUT2D eigenvalue weighted by molar-refractivity contribution is 0.0846. The van der Waals surface area contributed by atoms with Crippen LogP contribution in [0, 0.1) is 5.92 Å². The lowest BCUT2D eigenvalue weighted by Gasteiger charge is -2.16. The molecule has 1 heterocycles. The quantitative estimate of drug-likeness (QED) is 0.589. The predicted octanol–water partition coefficient (Wildman–Crippen LogP) is -0.158. The maximum Gasteiger partial charge on any atom is 0.0603 e. The summed E-state index contributed by atoms with van der Waals surface area (Å²) in [6.07, 6.45) is 1.25. The molecule has 66 valence electrons. The van der Waals surface area contributed by atoms with Crippen LogP contribution in [0.3, 0.4) is 0 Å². The largest absolute Gasteiger partial charge is 0.396 e. The fraction of sp³-hybridized carbons (Fsp3) is 1.00. The Morgan fingerprint density at radius 1 is 1.64 bits per heavy atom. The molecule has 3 atom stereocenters. The Hall–Kier alpha value is 0.310. The van der Waals surface area contributed by atoms with E-state index < -0.39 is 0 Å². The first kappa shape index (κ1) is 9.40. The Kier molecular flexibility index (Phi) is 3.73. The summed E-state index contributed by atoms with van der Waals surface area (Å²) < 4.78 is 2.13. The van der Waals surface area contributed by atoms with Crippen LogP contribution in [-0.4, -0.2) is 40.7 Å². The van der Waals surface area contributed by atoms with E-state index in [0.29, 0.717) is 12.3 Å². The van der Waals surface area contributed by atoms with Gasteiger partial charge >= 0.3 is 0 Å². The van der Waals surface area contributed by atoms with Gasteiger partial charge in [0.2, 0.25) is 0 Å². The van der Waals surface area contributed by atoms with Gasteiger partial charge in [0.25, 0.3) is 0 Å². The van der Waals surface area contributed by atoms with Gasteiger partial charge in [0, 0.05) is 19.7 Å². The van der Waals surface area contributed by atoms with E-state index in [1.54, 1.807) is 0 Å². The van der Waals surface area contributed by atoms with E-state index in [0.717, 1.165) is 19.5 Å². The maximum atomic E-state index is 9.47. The lowest BCUT2D eigenvalue weighted by atomic mass is 10.00. The first-order chi connectivity index (χ1) is 5.24. The molecule has 0 radical (unpaired) electrons. The topological polar surface area (TPSA) is 43.7 Å². The molecule has 3 nitrogen and oxygen atoms in total. The smallest absolute Gasteiger partial charge is 0.0603 e. The summed E-state index contributed by atoms with van der Waals surface area (Å²) in [6, 6.07) is 0. The van der Waals surface area contributed by atoms with Crippen molar-refractivity contribution >= 4 is 9.39 Å². The van der Waals surface area contributed by atoms with Crippen LogP contribution in [0.5, 0.6) is 0 Å². The van der Waals surface area contributed by atoms with Crippen LogP contribution in [0.15, 0.2) is 0 Å². The van der Waals surface area contributed by atoms with E-state index >= 15 is 0 Å². The summed E-state index contributed by atoms with van der Waals surface area (Å²) >= 11 is 0. The zero-order valence-corrected chi connectivity index (χ0v) is 7.76. The average molecular weight is 177 g/mol. The molecule has 1 rings (SSSR count). The van der Waals surface area contributed by atoms with Gasteiger partial charge in [-0.2, -0.15) is 0 Å². The Morgan fingerprint density at radius 2 is 2.36 bits per heavy atom. The van der Waals surface area contributed by atoms with Crippen molar-refractivity contribution in [1.29, 1.82) is 0 Å². The van der Waals surface area contributed by atoms with Crippen LogP contribution in [0.1, 0.15) is 12.8 Å². The second kappa shape index (κ2) is 4.36. The van der Waals surface area contributed by atoms with Crippen molar-refractivity contribution in [2.24, 2.45) is 5.92 Å². The van der Waals surface area contributed by atoms with Gasteiger partial charge in [-0.3, -0.25) is 4.67 Å². The Bertz CT molecular complexity index is 123. The van der Waals surface area contributed by atoms with Gasteiger partial charge in [-0.05, 0) is 18.8 Å². The molecule has 0 aromatic carbocycles. The third kappa shape index (κ3) is 2.68. The SMILES string of the molecule is OCCC(O)C1CCN(P)C1. The minimum atomic E-state index is -0.314. The van der Waals surface area contributed by atoms with E-state index in [2.05, 4.69) is 14.1 Å². The van der Waals surface area contributed by atoms with Crippen LogP contribution < -0.4 is 0 Å². The Labute approximate surface area is 69.7 Å². The van der Waals surface area contributed by atoms with Gasteiger partial charge in [-0.25, -0.2) is 0 Å². The molecular formula is C7H16NO2P. The summed E-state index contributed by atoms with van der Waals surface area (Å²) in [7, 11) is 2.64. The molecular weight excluding hydrogens is 161 g/mol. The monoisotopic (exact) mass is 177 g/mol. The van der Waals surface area contributed by atoms with Crippen LogP contribution >= 0.6 is 9.39 Å². The zero-order chi connectivity index (χ0) is 8.27. The highest BCUT2D eigenvalue weighted by Crippen LogP contribution is 2.23. The zero-order valence-electron chi connectivity index (χ0n) is 6.61. The van der Waals surface area contributed by atoms with Crippen molar-refractivity contribution in [3.8, 4) is 0 Å². The number of nitrogens with zero attached hydrogens (tertiary/aromatic N) is 1. The van der Waals surface area contributed by atoms with Crippen molar-refractivity contribution in [2.75, 3.05) is 19.7 Å². The molecule has 1 aliphatic rings. The first-order valence-corrected chi connectivity index (χ1v) is 4.54. The first-order valence-electron chi connectivity index (χ1n) is 4.02. The number of rotatable bonds is 3. The van der Waals surface area contributed by atoms with E-state index in [4.69, 9.17) is 5.11 Å². The Morgan fingerprint density at radius 3 is 2.82 bits per heavy atom. The van der Waals surface area contributed by atoms with Gasteiger partial charge < -0.3 is 10.2 Å². The number of hydrogen-bond donors (Lipinski definition) is 2. The summed E-state index contributed by atoms with van der Waals surface area (Å²) in [5.74, 6) is 0.361. The standard InChI is InChI=1S/C7H16NO2P/c9-4-2-7(10)6-1-3-8(11)5-6/h6-7,9-10H,1-5,11H2. The second-order valence-corrected chi connectivity index (χ2v) is 3.85. The molecule has 4 heteroatoms. The molecule has 2 N–H and O–H groups in total. The van der Waals surface area contributed by atoms with E-state index in [-0.39, 0.29) is 12.7 Å². The molecule has 1 fully saturated rings. The van der Waals surface area contributed by atoms with Gasteiger partial charge in [-0.15, -0.1) is 0 Å². The summed E-state index contributed by atoms with van der Waals surface area (Å²) in [4.78, 5) is 0. The van der Waals surface area contributed by atoms with Crippen LogP contribution in [0.2, 0.25) is 0 Å². The molecule has 11 heavy (non-hydrogen) atoms. The summed E-state index contributed by atoms with van der Waals surface area (Å²) in [5, 5.41) is 18.1. The van der Waals surface area contributed by atoms with Crippen molar-refractivity contribution in [2.45, 2.75) is 18.9 Å². The molecule has 1 saturated heterocycles. The van der Waals surface area contributed by atoms with Crippen LogP contribution in [-0.2, 0) is 0 Å². The highest BCUT2D eigenvalue weighted by atomic mass is 31.0. The van der Waals surface area contributed by atoms with E-state index in [1.165, 1.54) is 0 Å². The number of hydrogen-bond acceptors (Lipinski definition) is 3. The summed E-state index contributed by atoms with van der Waals surface area (Å²) in [5.41, 5.74) is 0. The third-order valence-electron chi connectivity index (χ3n) is 2.23. The maximum absolute atomic E-state index is 9.47. The second-order valence-electron chi connectivity index (χ2n) is 3.12. The third-order valence-corrected chi connectivity index (χ3v) is 2.69. The van der Waals surface area contributed by atoms with Crippen molar-refractivity contribution in [3.63, 3.8) is 0 Å². The Balaban J connectivity index is 2.25. The van der Waals surface area contributed by atoms with Crippen LogP contribution in [0.4, 0.5) is 0 Å². The molecule has 0 aromatic heterocycles. The van der Waals surface area contributed by atoms with Gasteiger partial charge in [0.1, 0.15) is 0 Å². The van der Waals surface area contributed by atoms with Gasteiger partial charge in [-0.1, -0.05) is 9.39 Å². The van der Waals surface area contributed by atoms with Crippen molar-refractivity contribution < 1.29 is 10.2 Å². The van der Waals surface area contributed by atoms with Crippen molar-refractivity contribution in [1.82, 2.24) is 4.67 Å². The number of aliphatic hydroxyl groups excluding tert-OH is 2.